The van der Waals surface area contributed by atoms with Crippen LogP contribution in [0.5, 0.6) is 0 Å². The van der Waals surface area contributed by atoms with Gasteiger partial charge in [0.05, 0.1) is 30.4 Å². The van der Waals surface area contributed by atoms with Gasteiger partial charge in [0.1, 0.15) is 0 Å². The lowest BCUT2D eigenvalue weighted by atomic mass is 9.90. The van der Waals surface area contributed by atoms with E-state index in [1.165, 1.54) is 12.1 Å². The van der Waals surface area contributed by atoms with Gasteiger partial charge in [-0.2, -0.15) is 45.4 Å². The van der Waals surface area contributed by atoms with Gasteiger partial charge in [-0.25, -0.2) is 0 Å². The number of morpholine rings is 1. The minimum Gasteiger partial charge on any atom is -0.382 e. The molecule has 11 heteroatoms. The van der Waals surface area contributed by atoms with Crippen molar-refractivity contribution in [2.24, 2.45) is 0 Å². The first-order valence-corrected chi connectivity index (χ1v) is 11.4. The van der Waals surface area contributed by atoms with Crippen LogP contribution in [0.1, 0.15) is 47.2 Å². The van der Waals surface area contributed by atoms with Crippen LogP contribution in [0.25, 0.3) is 0 Å². The first-order chi connectivity index (χ1) is 16.3. The minimum absolute atomic E-state index is 0. The summed E-state index contributed by atoms with van der Waals surface area (Å²) in [6, 6.07) is 12.9. The highest BCUT2D eigenvalue weighted by Crippen LogP contribution is 2.34. The highest BCUT2D eigenvalue weighted by molar-refractivity contribution is 7.59. The second-order valence-electron chi connectivity index (χ2n) is 8.68. The van der Waals surface area contributed by atoms with Crippen LogP contribution in [0.4, 0.5) is 24.5 Å². The van der Waals surface area contributed by atoms with Crippen LogP contribution in [0.3, 0.4) is 0 Å². The second kappa shape index (κ2) is 13.1. The van der Waals surface area contributed by atoms with Gasteiger partial charge in [0.2, 0.25) is 0 Å². The quantitative estimate of drug-likeness (QED) is 0.570. The fourth-order valence-electron chi connectivity index (χ4n) is 4.50. The first-order valence-electron chi connectivity index (χ1n) is 11.4. The van der Waals surface area contributed by atoms with Crippen molar-refractivity contribution in [2.75, 3.05) is 36.5 Å². The summed E-state index contributed by atoms with van der Waals surface area (Å²) in [7, 11) is 0. The summed E-state index contributed by atoms with van der Waals surface area (Å²) in [4.78, 5) is 14.9. The van der Waals surface area contributed by atoms with Gasteiger partial charge in [0.15, 0.2) is 0 Å². The molecule has 1 heterocycles. The summed E-state index contributed by atoms with van der Waals surface area (Å²) in [5.41, 5.74) is 0.708. The van der Waals surface area contributed by atoms with E-state index in [0.29, 0.717) is 24.5 Å². The van der Waals surface area contributed by atoms with Gasteiger partial charge in [0.25, 0.3) is 5.91 Å². The smallest absolute Gasteiger partial charge is 0.382 e. The Hall–Kier alpha value is -2.55. The Balaban J connectivity index is 0.00000228. The van der Waals surface area contributed by atoms with E-state index in [0.717, 1.165) is 50.5 Å². The lowest BCUT2D eigenvalue weighted by Gasteiger charge is -2.30. The van der Waals surface area contributed by atoms with E-state index in [1.54, 1.807) is 6.07 Å². The van der Waals surface area contributed by atoms with Crippen LogP contribution in [-0.4, -0.2) is 44.3 Å². The Labute approximate surface area is 223 Å². The molecule has 0 aromatic heterocycles. The van der Waals surface area contributed by atoms with Crippen LogP contribution in [-0.2, 0) is 10.9 Å². The van der Waals surface area contributed by atoms with Crippen molar-refractivity contribution in [1.82, 2.24) is 5.32 Å². The predicted octanol–water partition coefficient (Wildman–Crippen LogP) is 4.79. The molecule has 36 heavy (non-hydrogen) atoms. The van der Waals surface area contributed by atoms with Crippen molar-refractivity contribution in [3.8, 4) is 6.07 Å². The molecule has 2 aromatic rings. The van der Waals surface area contributed by atoms with Gasteiger partial charge < -0.3 is 20.3 Å². The van der Waals surface area contributed by atoms with Gasteiger partial charge in [-0.05, 0) is 68.1 Å². The number of alkyl halides is 3. The third-order valence-corrected chi connectivity index (χ3v) is 6.38. The van der Waals surface area contributed by atoms with Gasteiger partial charge in [0, 0.05) is 42.1 Å². The predicted molar refractivity (Wildman–Crippen MR) is 144 cm³/mol. The molecule has 0 spiro atoms. The van der Waals surface area contributed by atoms with Crippen LogP contribution in [0.15, 0.2) is 42.5 Å². The van der Waals surface area contributed by atoms with Crippen molar-refractivity contribution in [3.05, 3.63) is 59.2 Å². The Bertz CT molecular complexity index is 1050. The van der Waals surface area contributed by atoms with Crippen molar-refractivity contribution in [1.29, 1.82) is 5.26 Å². The normalized spacial score (nSPS) is 19.8. The average Bonchev–Trinajstić information content (AvgIpc) is 2.85. The minimum atomic E-state index is -4.58. The number of halogens is 3. The zero-order chi connectivity index (χ0) is 24.1. The number of nitriles is 1. The van der Waals surface area contributed by atoms with Crippen LogP contribution in [0, 0.1) is 11.3 Å². The van der Waals surface area contributed by atoms with Crippen molar-refractivity contribution in [2.45, 2.75) is 43.9 Å². The molecule has 1 aliphatic heterocycles. The molecule has 2 fully saturated rings. The zero-order valence-corrected chi connectivity index (χ0v) is 21.7. The molecule has 0 atom stereocenters. The number of carbonyl (C=O) groups excluding carboxylic acids is 1. The molecule has 1 saturated carbocycles. The molecule has 1 aliphatic carbocycles. The summed E-state index contributed by atoms with van der Waals surface area (Å²) in [6.07, 6.45) is -1.66. The Morgan fingerprint density at radius 1 is 0.972 bits per heavy atom. The number of nitrogens with one attached hydrogen (secondary N) is 2. The molecule has 1 amide bonds. The van der Waals surface area contributed by atoms with Crippen LogP contribution in [0.2, 0.25) is 0 Å². The summed E-state index contributed by atoms with van der Waals surface area (Å²) in [6.45, 7) is 3.08. The third kappa shape index (κ3) is 7.48. The number of rotatable bonds is 5. The van der Waals surface area contributed by atoms with Crippen molar-refractivity contribution in [3.63, 3.8) is 0 Å². The maximum atomic E-state index is 13.2. The molecule has 2 aliphatic rings. The molecule has 0 radical (unpaired) electrons. The van der Waals surface area contributed by atoms with Crippen LogP contribution < -0.4 is 15.5 Å². The topological polar surface area (TPSA) is 77.4 Å². The lowest BCUT2D eigenvalue weighted by Crippen LogP contribution is -2.40. The average molecular weight is 541 g/mol. The van der Waals surface area contributed by atoms with Crippen molar-refractivity contribution >= 4 is 44.3 Å². The lowest BCUT2D eigenvalue weighted by molar-refractivity contribution is -0.137. The fourth-order valence-corrected chi connectivity index (χ4v) is 4.50. The molecule has 0 unspecified atom stereocenters. The summed E-state index contributed by atoms with van der Waals surface area (Å²) >= 11 is 0. The first kappa shape index (κ1) is 29.7. The van der Waals surface area contributed by atoms with E-state index in [2.05, 4.69) is 15.5 Å². The van der Waals surface area contributed by atoms with Crippen molar-refractivity contribution < 1.29 is 22.7 Å². The van der Waals surface area contributed by atoms with Gasteiger partial charge in [-0.15, -0.1) is 0 Å². The molecule has 0 bridgehead atoms. The number of hydrogen-bond donors (Lipinski definition) is 2. The Kier molecular flexibility index (Phi) is 10.8. The van der Waals surface area contributed by atoms with E-state index in [1.807, 2.05) is 24.3 Å². The van der Waals surface area contributed by atoms with E-state index in [-0.39, 0.29) is 50.5 Å². The SMILES string of the molecule is N#Cc1ccc(NC2CCC(NC(=O)c3ccc(N4CCOCC4)cc3)CC2)cc1C(F)(F)F.S.S. The maximum absolute atomic E-state index is 13.2. The fraction of sp³-hybridized carbons (Fsp3) is 0.440. The standard InChI is InChI=1S/C25H27F3N4O2.2H2S/c26-25(27,28)23-15-21(4-1-18(23)16-29)30-19-5-7-20(8-6-19)31-24(33)17-2-9-22(10-3-17)32-11-13-34-14-12-32;;/h1-4,9-10,15,19-20,30H,5-8,11-14H2,(H,31,33);2*1H2. The van der Waals surface area contributed by atoms with E-state index in [9.17, 15) is 18.0 Å². The number of amides is 1. The number of ether oxygens (including phenoxy) is 1. The van der Waals surface area contributed by atoms with Crippen LogP contribution >= 0.6 is 27.0 Å². The molecular weight excluding hydrogens is 509 g/mol. The highest BCUT2D eigenvalue weighted by Gasteiger charge is 2.34. The number of hydrogen-bond acceptors (Lipinski definition) is 5. The third-order valence-electron chi connectivity index (χ3n) is 6.38. The molecular formula is C25H31F3N4O2S2. The molecule has 1 saturated heterocycles. The highest BCUT2D eigenvalue weighted by atomic mass is 32.1. The van der Waals surface area contributed by atoms with Gasteiger partial charge >= 0.3 is 6.18 Å². The molecule has 196 valence electrons. The summed E-state index contributed by atoms with van der Waals surface area (Å²) in [5, 5.41) is 15.2. The Morgan fingerprint density at radius 2 is 1.58 bits per heavy atom. The molecule has 2 N–H and O–H groups in total. The largest absolute Gasteiger partial charge is 0.417 e. The van der Waals surface area contributed by atoms with E-state index >= 15 is 0 Å². The maximum Gasteiger partial charge on any atom is 0.417 e. The van der Waals surface area contributed by atoms with E-state index < -0.39 is 11.7 Å². The summed E-state index contributed by atoms with van der Waals surface area (Å²) in [5.74, 6) is -0.119. The number of benzene rings is 2. The van der Waals surface area contributed by atoms with Gasteiger partial charge in [-0.3, -0.25) is 4.79 Å². The Morgan fingerprint density at radius 3 is 2.17 bits per heavy atom. The second-order valence-corrected chi connectivity index (χ2v) is 8.68. The molecule has 4 rings (SSSR count). The zero-order valence-electron chi connectivity index (χ0n) is 19.7. The monoisotopic (exact) mass is 540 g/mol. The number of carbonyl (C=O) groups is 1. The number of anilines is 2. The summed E-state index contributed by atoms with van der Waals surface area (Å²) < 4.78 is 45.0. The van der Waals surface area contributed by atoms with E-state index in [4.69, 9.17) is 10.00 Å². The van der Waals surface area contributed by atoms with Gasteiger partial charge in [-0.1, -0.05) is 0 Å². The molecule has 6 nitrogen and oxygen atoms in total. The molecule has 2 aromatic carbocycles. The number of nitrogens with zero attached hydrogens (tertiary/aromatic N) is 2.